The third kappa shape index (κ3) is 6.86. The Balaban J connectivity index is 1.52. The third-order valence-electron chi connectivity index (χ3n) is 5.74. The number of para-hydroxylation sites is 1. The number of aromatic amines is 1. The van der Waals surface area contributed by atoms with E-state index in [2.05, 4.69) is 20.3 Å². The third-order valence-corrected chi connectivity index (χ3v) is 7.12. The monoisotopic (exact) mass is 489 g/mol. The average Bonchev–Trinajstić information content (AvgIpc) is 2.80. The van der Waals surface area contributed by atoms with E-state index in [1.54, 1.807) is 22.7 Å². The van der Waals surface area contributed by atoms with Crippen molar-refractivity contribution in [2.24, 2.45) is 16.5 Å². The van der Waals surface area contributed by atoms with Gasteiger partial charge in [-0.25, -0.2) is 9.78 Å². The molecule has 1 aromatic carbocycles. The van der Waals surface area contributed by atoms with Crippen molar-refractivity contribution in [3.63, 3.8) is 0 Å². The summed E-state index contributed by atoms with van der Waals surface area (Å²) in [5.74, 6) is 0.951. The van der Waals surface area contributed by atoms with Crippen LogP contribution in [0.4, 0.5) is 4.79 Å². The van der Waals surface area contributed by atoms with E-state index in [1.165, 1.54) is 0 Å². The zero-order valence-corrected chi connectivity index (χ0v) is 19.9. The Morgan fingerprint density at radius 1 is 1.35 bits per heavy atom. The van der Waals surface area contributed by atoms with Crippen LogP contribution in [0.15, 0.2) is 28.0 Å². The van der Waals surface area contributed by atoms with Crippen molar-refractivity contribution >= 4 is 40.6 Å². The topological polar surface area (TPSA) is 180 Å². The van der Waals surface area contributed by atoms with Crippen LogP contribution in [0.2, 0.25) is 0 Å². The first-order valence-corrected chi connectivity index (χ1v) is 12.2. The number of thioether (sulfide) groups is 1. The number of carboxylic acid groups (broad SMARTS) is 1. The Labute approximate surface area is 201 Å². The second kappa shape index (κ2) is 11.7. The van der Waals surface area contributed by atoms with E-state index in [-0.39, 0.29) is 17.4 Å². The number of aryl methyl sites for hydroxylation is 1. The lowest BCUT2D eigenvalue weighted by molar-refractivity contribution is -0.134. The highest BCUT2D eigenvalue weighted by Gasteiger charge is 2.29. The molecule has 2 aromatic rings. The van der Waals surface area contributed by atoms with E-state index < -0.39 is 12.1 Å². The summed E-state index contributed by atoms with van der Waals surface area (Å²) in [5.41, 5.74) is 12.1. The molecule has 0 saturated carbocycles. The number of hydrogen-bond donors (Lipinski definition) is 5. The number of nitrogens with two attached hydrogens (primary N) is 2. The van der Waals surface area contributed by atoms with E-state index in [1.807, 2.05) is 19.1 Å². The Bertz CT molecular complexity index is 1110. The normalized spacial score (nSPS) is 15.1. The van der Waals surface area contributed by atoms with Crippen LogP contribution in [0.3, 0.4) is 0 Å². The zero-order chi connectivity index (χ0) is 24.7. The van der Waals surface area contributed by atoms with E-state index in [0.717, 1.165) is 23.9 Å². The Kier molecular flexibility index (Phi) is 8.74. The van der Waals surface area contributed by atoms with Gasteiger partial charge in [-0.2, -0.15) is 11.8 Å². The van der Waals surface area contributed by atoms with Gasteiger partial charge in [0.05, 0.1) is 16.7 Å². The van der Waals surface area contributed by atoms with Crippen LogP contribution < -0.4 is 22.3 Å². The van der Waals surface area contributed by atoms with Gasteiger partial charge in [0.1, 0.15) is 11.9 Å². The number of carbonyl (C=O) groups is 2. The van der Waals surface area contributed by atoms with Gasteiger partial charge in [-0.05, 0) is 44.2 Å². The SMILES string of the molecule is Cc1cccc2c(=O)[nH]c(CSC3CCN(C(=O)C(CCCN=C(N)N)NC(=O)O)CC3)nc12. The standard InChI is InChI=1S/C22H31N7O4S/c1-13-4-2-5-15-18(13)27-17(28-19(15)30)12-34-14-7-10-29(11-8-14)20(31)16(26-22(32)33)6-3-9-25-21(23)24/h2,4-5,14,16,26H,3,6-12H2,1H3,(H,32,33)(H4,23,24,25)(H,27,28,30). The van der Waals surface area contributed by atoms with Gasteiger partial charge in [0.15, 0.2) is 5.96 Å². The summed E-state index contributed by atoms with van der Waals surface area (Å²) in [5, 5.41) is 12.3. The number of fused-ring (bicyclic) bond motifs is 1. The predicted molar refractivity (Wildman–Crippen MR) is 133 cm³/mol. The molecule has 0 aliphatic carbocycles. The van der Waals surface area contributed by atoms with Gasteiger partial charge in [-0.1, -0.05) is 12.1 Å². The van der Waals surface area contributed by atoms with E-state index in [4.69, 9.17) is 16.6 Å². The highest BCUT2D eigenvalue weighted by atomic mass is 32.2. The van der Waals surface area contributed by atoms with Gasteiger partial charge in [0, 0.05) is 24.9 Å². The molecule has 12 heteroatoms. The summed E-state index contributed by atoms with van der Waals surface area (Å²) in [4.78, 5) is 49.5. The molecule has 1 aliphatic rings. The number of carbonyl (C=O) groups excluding carboxylic acids is 1. The number of benzene rings is 1. The van der Waals surface area contributed by atoms with Gasteiger partial charge in [0.25, 0.3) is 5.56 Å². The van der Waals surface area contributed by atoms with Crippen LogP contribution in [-0.4, -0.2) is 68.9 Å². The molecule has 0 spiro atoms. The lowest BCUT2D eigenvalue weighted by Crippen LogP contribution is -2.50. The maximum atomic E-state index is 12.9. The maximum absolute atomic E-state index is 12.9. The lowest BCUT2D eigenvalue weighted by atomic mass is 10.1. The van der Waals surface area contributed by atoms with Gasteiger partial charge < -0.3 is 31.8 Å². The number of piperidine rings is 1. The molecule has 1 fully saturated rings. The highest BCUT2D eigenvalue weighted by molar-refractivity contribution is 7.99. The molecule has 184 valence electrons. The first-order valence-electron chi connectivity index (χ1n) is 11.2. The molecular formula is C22H31N7O4S. The fraction of sp³-hybridized carbons (Fsp3) is 0.500. The van der Waals surface area contributed by atoms with Crippen molar-refractivity contribution < 1.29 is 14.7 Å². The lowest BCUT2D eigenvalue weighted by Gasteiger charge is -2.34. The molecule has 2 amide bonds. The summed E-state index contributed by atoms with van der Waals surface area (Å²) >= 11 is 1.71. The summed E-state index contributed by atoms with van der Waals surface area (Å²) in [7, 11) is 0. The summed E-state index contributed by atoms with van der Waals surface area (Å²) < 4.78 is 0. The van der Waals surface area contributed by atoms with E-state index in [9.17, 15) is 14.4 Å². The predicted octanol–water partition coefficient (Wildman–Crippen LogP) is 1.15. The van der Waals surface area contributed by atoms with E-state index in [0.29, 0.717) is 54.7 Å². The molecule has 7 N–H and O–H groups in total. The molecule has 3 rings (SSSR count). The Morgan fingerprint density at radius 3 is 2.76 bits per heavy atom. The van der Waals surface area contributed by atoms with Gasteiger partial charge in [0.2, 0.25) is 5.91 Å². The molecule has 0 radical (unpaired) electrons. The van der Waals surface area contributed by atoms with Crippen molar-refractivity contribution in [1.82, 2.24) is 20.2 Å². The molecular weight excluding hydrogens is 458 g/mol. The van der Waals surface area contributed by atoms with Gasteiger partial charge >= 0.3 is 6.09 Å². The van der Waals surface area contributed by atoms with Gasteiger partial charge in [-0.3, -0.25) is 14.6 Å². The van der Waals surface area contributed by atoms with Crippen LogP contribution in [0, 0.1) is 6.92 Å². The number of guanidine groups is 1. The Hall–Kier alpha value is -3.28. The van der Waals surface area contributed by atoms with Crippen LogP contribution in [-0.2, 0) is 10.5 Å². The van der Waals surface area contributed by atoms with Crippen molar-refractivity contribution in [2.45, 2.75) is 49.7 Å². The number of hydrogen-bond acceptors (Lipinski definition) is 6. The van der Waals surface area contributed by atoms with Crippen LogP contribution >= 0.6 is 11.8 Å². The highest BCUT2D eigenvalue weighted by Crippen LogP contribution is 2.26. The molecule has 1 saturated heterocycles. The number of likely N-dealkylation sites (tertiary alicyclic amines) is 1. The van der Waals surface area contributed by atoms with Crippen LogP contribution in [0.1, 0.15) is 37.1 Å². The second-order valence-corrected chi connectivity index (χ2v) is 9.56. The molecule has 2 heterocycles. The summed E-state index contributed by atoms with van der Waals surface area (Å²) in [6, 6.07) is 4.72. The van der Waals surface area contributed by atoms with E-state index >= 15 is 0 Å². The fourth-order valence-electron chi connectivity index (χ4n) is 3.99. The smallest absolute Gasteiger partial charge is 0.405 e. The summed E-state index contributed by atoms with van der Waals surface area (Å²) in [6.45, 7) is 3.36. The first-order chi connectivity index (χ1) is 16.2. The van der Waals surface area contributed by atoms with Crippen molar-refractivity contribution in [1.29, 1.82) is 0 Å². The average molecular weight is 490 g/mol. The zero-order valence-electron chi connectivity index (χ0n) is 19.1. The fourth-order valence-corrected chi connectivity index (χ4v) is 5.06. The molecule has 1 atom stereocenters. The largest absolute Gasteiger partial charge is 0.465 e. The first kappa shape index (κ1) is 25.3. The number of nitrogens with zero attached hydrogens (tertiary/aromatic N) is 3. The van der Waals surface area contributed by atoms with Crippen LogP contribution in [0.25, 0.3) is 10.9 Å². The second-order valence-electron chi connectivity index (χ2n) is 8.27. The van der Waals surface area contributed by atoms with Crippen molar-refractivity contribution in [3.8, 4) is 0 Å². The number of rotatable bonds is 9. The quantitative estimate of drug-likeness (QED) is 0.197. The minimum Gasteiger partial charge on any atom is -0.465 e. The van der Waals surface area contributed by atoms with Gasteiger partial charge in [-0.15, -0.1) is 0 Å². The maximum Gasteiger partial charge on any atom is 0.405 e. The summed E-state index contributed by atoms with van der Waals surface area (Å²) in [6.07, 6.45) is 1.12. The number of H-pyrrole nitrogens is 1. The molecule has 1 unspecified atom stereocenters. The Morgan fingerprint density at radius 2 is 2.09 bits per heavy atom. The minimum absolute atomic E-state index is 0.0354. The van der Waals surface area contributed by atoms with Crippen LogP contribution in [0.5, 0.6) is 0 Å². The number of aromatic nitrogens is 2. The number of aliphatic imine (C=N–C) groups is 1. The number of amides is 2. The molecule has 0 bridgehead atoms. The molecule has 1 aliphatic heterocycles. The van der Waals surface area contributed by atoms with Crippen molar-refractivity contribution in [2.75, 3.05) is 19.6 Å². The molecule has 1 aromatic heterocycles. The number of nitrogens with one attached hydrogen (secondary N) is 2. The van der Waals surface area contributed by atoms with Crippen molar-refractivity contribution in [3.05, 3.63) is 39.9 Å². The minimum atomic E-state index is -1.24. The molecule has 11 nitrogen and oxygen atoms in total. The molecule has 34 heavy (non-hydrogen) atoms.